The largest absolute Gasteiger partial charge is 0.357 e. The van der Waals surface area contributed by atoms with Crippen LogP contribution in [0.4, 0.5) is 0 Å². The van der Waals surface area contributed by atoms with Crippen LogP contribution in [0.25, 0.3) is 0 Å². The molecule has 0 amide bonds. The summed E-state index contributed by atoms with van der Waals surface area (Å²) >= 11 is 0. The topological polar surface area (TPSA) is 36.9 Å². The lowest BCUT2D eigenvalue weighted by atomic mass is 10.2. The van der Waals surface area contributed by atoms with Crippen molar-refractivity contribution in [3.8, 4) is 0 Å². The first kappa shape index (κ1) is 26.3. The molecule has 0 radical (unpaired) electrons. The lowest BCUT2D eigenvalue weighted by molar-refractivity contribution is -0.0933. The summed E-state index contributed by atoms with van der Waals surface area (Å²) in [5, 5.41) is 0.791. The molecule has 0 unspecified atom stereocenters. The third-order valence-corrected chi connectivity index (χ3v) is 10.2. The van der Waals surface area contributed by atoms with Gasteiger partial charge in [-0.2, -0.15) is 0 Å². The SMILES string of the molecule is CCCCCC([SiH2]C(OCCC)OCCC)[SiH2]C(OCCC)OCCC. The standard InChI is InChI=1S/C20H46O4Si2/c1-6-11-12-13-18(25-19(21-14-7-2)22-15-8-3)26-20(23-16-9-4)24-17-10-5/h18-20H,6-17,25-26H2,1-5H3. The van der Waals surface area contributed by atoms with Crippen LogP contribution in [0.1, 0.15) is 86.0 Å². The predicted molar refractivity (Wildman–Crippen MR) is 118 cm³/mol. The molecular formula is C20H46O4Si2. The Bertz CT molecular complexity index is 245. The summed E-state index contributed by atoms with van der Waals surface area (Å²) in [6, 6.07) is 0. The highest BCUT2D eigenvalue weighted by Crippen LogP contribution is 2.19. The van der Waals surface area contributed by atoms with Crippen LogP contribution in [0.5, 0.6) is 0 Å². The Labute approximate surface area is 167 Å². The van der Waals surface area contributed by atoms with Gasteiger partial charge in [0.1, 0.15) is 11.8 Å². The minimum atomic E-state index is -0.461. The monoisotopic (exact) mass is 406 g/mol. The normalized spacial score (nSPS) is 14.0. The summed E-state index contributed by atoms with van der Waals surface area (Å²) in [6.07, 6.45) is 9.46. The maximum absolute atomic E-state index is 6.05. The fraction of sp³-hybridized carbons (Fsp3) is 1.00. The summed E-state index contributed by atoms with van der Waals surface area (Å²) in [5.41, 5.74) is 0. The fourth-order valence-electron chi connectivity index (χ4n) is 2.92. The molecule has 0 fully saturated rings. The van der Waals surface area contributed by atoms with Gasteiger partial charge in [0.2, 0.25) is 0 Å². The summed E-state index contributed by atoms with van der Waals surface area (Å²) in [7, 11) is -0.923. The van der Waals surface area contributed by atoms with Gasteiger partial charge in [0.15, 0.2) is 0 Å². The molecule has 158 valence electrons. The Kier molecular flexibility index (Phi) is 20.2. The molecule has 0 aliphatic heterocycles. The second-order valence-electron chi connectivity index (χ2n) is 7.18. The van der Waals surface area contributed by atoms with E-state index >= 15 is 0 Å². The van der Waals surface area contributed by atoms with E-state index in [2.05, 4.69) is 34.6 Å². The zero-order valence-corrected chi connectivity index (χ0v) is 21.1. The van der Waals surface area contributed by atoms with Gasteiger partial charge in [-0.15, -0.1) is 0 Å². The molecular weight excluding hydrogens is 360 g/mol. The van der Waals surface area contributed by atoms with Gasteiger partial charge in [0.25, 0.3) is 0 Å². The average Bonchev–Trinajstić information content (AvgIpc) is 2.65. The van der Waals surface area contributed by atoms with E-state index in [1.165, 1.54) is 25.7 Å². The minimum absolute atomic E-state index is 0.0760. The zero-order valence-electron chi connectivity index (χ0n) is 18.3. The van der Waals surface area contributed by atoms with Crippen LogP contribution in [0.2, 0.25) is 5.16 Å². The zero-order chi connectivity index (χ0) is 19.5. The molecule has 4 nitrogen and oxygen atoms in total. The Morgan fingerprint density at radius 2 is 0.923 bits per heavy atom. The molecule has 0 saturated carbocycles. The Morgan fingerprint density at radius 3 is 1.23 bits per heavy atom. The van der Waals surface area contributed by atoms with Crippen molar-refractivity contribution in [3.05, 3.63) is 0 Å². The van der Waals surface area contributed by atoms with E-state index in [1.807, 2.05) is 0 Å². The summed E-state index contributed by atoms with van der Waals surface area (Å²) in [5.74, 6) is 0.152. The predicted octanol–water partition coefficient (Wildman–Crippen LogP) is 3.92. The van der Waals surface area contributed by atoms with E-state index in [-0.39, 0.29) is 11.8 Å². The van der Waals surface area contributed by atoms with Crippen molar-refractivity contribution in [1.82, 2.24) is 0 Å². The third-order valence-electron chi connectivity index (χ3n) is 4.30. The molecule has 0 aromatic carbocycles. The van der Waals surface area contributed by atoms with Crippen molar-refractivity contribution < 1.29 is 18.9 Å². The second kappa shape index (κ2) is 20.0. The molecule has 0 spiro atoms. The highest BCUT2D eigenvalue weighted by atomic mass is 28.3. The quantitative estimate of drug-likeness (QED) is 0.174. The van der Waals surface area contributed by atoms with E-state index < -0.39 is 19.0 Å². The molecule has 0 heterocycles. The molecule has 0 rings (SSSR count). The summed E-state index contributed by atoms with van der Waals surface area (Å²) < 4.78 is 24.2. The minimum Gasteiger partial charge on any atom is -0.357 e. The Balaban J connectivity index is 4.76. The van der Waals surface area contributed by atoms with Gasteiger partial charge in [-0.3, -0.25) is 0 Å². The van der Waals surface area contributed by atoms with Crippen LogP contribution in [0.3, 0.4) is 0 Å². The molecule has 6 heteroatoms. The van der Waals surface area contributed by atoms with Gasteiger partial charge in [0, 0.05) is 26.4 Å². The van der Waals surface area contributed by atoms with E-state index in [0.717, 1.165) is 57.3 Å². The second-order valence-corrected chi connectivity index (χ2v) is 12.9. The smallest absolute Gasteiger partial charge is 0.134 e. The van der Waals surface area contributed by atoms with Gasteiger partial charge >= 0.3 is 0 Å². The first-order chi connectivity index (χ1) is 12.7. The lowest BCUT2D eigenvalue weighted by Gasteiger charge is -2.27. The van der Waals surface area contributed by atoms with E-state index in [4.69, 9.17) is 18.9 Å². The van der Waals surface area contributed by atoms with Crippen molar-refractivity contribution in [1.29, 1.82) is 0 Å². The maximum atomic E-state index is 6.05. The first-order valence-corrected chi connectivity index (χ1v) is 14.4. The van der Waals surface area contributed by atoms with Crippen molar-refractivity contribution in [2.24, 2.45) is 0 Å². The molecule has 0 aromatic rings. The van der Waals surface area contributed by atoms with Crippen molar-refractivity contribution >= 4 is 19.0 Å². The van der Waals surface area contributed by atoms with Gasteiger partial charge in [-0.05, 0) is 25.7 Å². The van der Waals surface area contributed by atoms with Crippen LogP contribution in [0.15, 0.2) is 0 Å². The van der Waals surface area contributed by atoms with Gasteiger partial charge in [0.05, 0.1) is 19.0 Å². The van der Waals surface area contributed by atoms with Crippen LogP contribution < -0.4 is 0 Å². The van der Waals surface area contributed by atoms with Gasteiger partial charge < -0.3 is 18.9 Å². The summed E-state index contributed by atoms with van der Waals surface area (Å²) in [4.78, 5) is 0. The van der Waals surface area contributed by atoms with Crippen LogP contribution >= 0.6 is 0 Å². The highest BCUT2D eigenvalue weighted by Gasteiger charge is 2.23. The van der Waals surface area contributed by atoms with Gasteiger partial charge in [-0.1, -0.05) is 65.5 Å². The van der Waals surface area contributed by atoms with Crippen molar-refractivity contribution in [2.45, 2.75) is 103 Å². The van der Waals surface area contributed by atoms with Crippen LogP contribution in [-0.2, 0) is 18.9 Å². The molecule has 0 atom stereocenters. The van der Waals surface area contributed by atoms with Gasteiger partial charge in [-0.25, -0.2) is 0 Å². The lowest BCUT2D eigenvalue weighted by Crippen LogP contribution is -2.36. The average molecular weight is 407 g/mol. The molecule has 26 heavy (non-hydrogen) atoms. The first-order valence-electron chi connectivity index (χ1n) is 11.2. The number of hydrogen-bond acceptors (Lipinski definition) is 4. The maximum Gasteiger partial charge on any atom is 0.134 e. The molecule has 0 aliphatic carbocycles. The molecule has 0 aromatic heterocycles. The van der Waals surface area contributed by atoms with E-state index in [9.17, 15) is 0 Å². The number of rotatable bonds is 20. The Morgan fingerprint density at radius 1 is 0.538 bits per heavy atom. The summed E-state index contributed by atoms with van der Waals surface area (Å²) in [6.45, 7) is 14.2. The highest BCUT2D eigenvalue weighted by molar-refractivity contribution is 6.59. The number of ether oxygens (including phenoxy) is 4. The fourth-order valence-corrected chi connectivity index (χ4v) is 8.68. The number of hydrogen-bond donors (Lipinski definition) is 0. The number of unbranched alkanes of at least 4 members (excludes halogenated alkanes) is 2. The van der Waals surface area contributed by atoms with Crippen LogP contribution in [0, 0.1) is 0 Å². The van der Waals surface area contributed by atoms with Crippen LogP contribution in [-0.4, -0.2) is 57.3 Å². The van der Waals surface area contributed by atoms with Crippen molar-refractivity contribution in [3.63, 3.8) is 0 Å². The molecule has 0 saturated heterocycles. The van der Waals surface area contributed by atoms with E-state index in [0.29, 0.717) is 0 Å². The molecule has 0 bridgehead atoms. The van der Waals surface area contributed by atoms with E-state index in [1.54, 1.807) is 0 Å². The molecule has 0 aliphatic rings. The van der Waals surface area contributed by atoms with Crippen molar-refractivity contribution in [2.75, 3.05) is 26.4 Å². The molecule has 0 N–H and O–H groups in total. The third kappa shape index (κ3) is 15.3. The Hall–Kier alpha value is 0.274.